The molecule has 0 aromatic heterocycles. The second-order valence-corrected chi connectivity index (χ2v) is 4.91. The van der Waals surface area contributed by atoms with Gasteiger partial charge in [0.25, 0.3) is 0 Å². The Hall–Kier alpha value is -1.55. The molecule has 1 aromatic carbocycles. The molecule has 0 saturated carbocycles. The summed E-state index contributed by atoms with van der Waals surface area (Å²) in [7, 11) is 6.20. The normalized spacial score (nSPS) is 22.5. The zero-order chi connectivity index (χ0) is 12.0. The van der Waals surface area contributed by atoms with E-state index in [2.05, 4.69) is 59.9 Å². The van der Waals surface area contributed by atoms with Crippen molar-refractivity contribution >= 4 is 11.9 Å². The van der Waals surface area contributed by atoms with Crippen molar-refractivity contribution in [3.63, 3.8) is 0 Å². The summed E-state index contributed by atoms with van der Waals surface area (Å²) in [6, 6.07) is 6.33. The molecule has 1 saturated heterocycles. The number of fused-ring (bicyclic) bond motifs is 2. The summed E-state index contributed by atoms with van der Waals surface area (Å²) < 4.78 is 8.26. The van der Waals surface area contributed by atoms with Crippen molar-refractivity contribution < 1.29 is 9.31 Å². The fourth-order valence-electron chi connectivity index (χ4n) is 2.35. The summed E-state index contributed by atoms with van der Waals surface area (Å²) in [5.41, 5.74) is 2.37. The minimum Gasteiger partial charge on any atom is -0.420 e. The molecule has 1 fully saturated rings. The number of likely N-dealkylation sites (N-methyl/N-ethyl adjacent to an activating group) is 1. The van der Waals surface area contributed by atoms with Crippen LogP contribution in [0.15, 0.2) is 18.2 Å². The molecule has 4 nitrogen and oxygen atoms in total. The molecular formula is C13H18N3O+. The van der Waals surface area contributed by atoms with E-state index in [4.69, 9.17) is 4.74 Å². The van der Waals surface area contributed by atoms with E-state index in [1.165, 1.54) is 11.3 Å². The molecule has 17 heavy (non-hydrogen) atoms. The average Bonchev–Trinajstić information content (AvgIpc) is 2.67. The molecule has 2 heterocycles. The Morgan fingerprint density at radius 3 is 3.00 bits per heavy atom. The largest absolute Gasteiger partial charge is 0.420 e. The molecule has 0 N–H and O–H groups in total. The molecule has 90 valence electrons. The van der Waals surface area contributed by atoms with Gasteiger partial charge in [-0.3, -0.25) is 0 Å². The third-order valence-electron chi connectivity index (χ3n) is 3.42. The monoisotopic (exact) mass is 232 g/mol. The first kappa shape index (κ1) is 10.6. The Bertz CT molecular complexity index is 482. The summed E-state index contributed by atoms with van der Waals surface area (Å²) in [5, 5.41) is 0. The predicted octanol–water partition coefficient (Wildman–Crippen LogP) is 0.805. The van der Waals surface area contributed by atoms with Crippen LogP contribution in [0.1, 0.15) is 5.56 Å². The van der Waals surface area contributed by atoms with Gasteiger partial charge in [0.2, 0.25) is 0 Å². The Morgan fingerprint density at radius 1 is 1.41 bits per heavy atom. The van der Waals surface area contributed by atoms with Gasteiger partial charge in [-0.05, 0) is 25.2 Å². The molecule has 2 aliphatic rings. The van der Waals surface area contributed by atoms with Gasteiger partial charge in [0.05, 0.1) is 12.1 Å². The molecule has 3 rings (SSSR count). The van der Waals surface area contributed by atoms with Gasteiger partial charge in [-0.25, -0.2) is 4.90 Å². The Balaban J connectivity index is 2.01. The molecule has 1 aromatic rings. The molecule has 0 spiro atoms. The first-order valence-electron chi connectivity index (χ1n) is 5.94. The molecule has 1 unspecified atom stereocenters. The topological polar surface area (TPSA) is 18.7 Å². The number of rotatable bonds is 1. The van der Waals surface area contributed by atoms with Crippen LogP contribution in [0.3, 0.4) is 0 Å². The lowest BCUT2D eigenvalue weighted by Gasteiger charge is -2.22. The van der Waals surface area contributed by atoms with E-state index in [9.17, 15) is 0 Å². The van der Waals surface area contributed by atoms with Crippen LogP contribution in [0.4, 0.5) is 5.69 Å². The van der Waals surface area contributed by atoms with E-state index in [0.29, 0.717) is 0 Å². The minimum atomic E-state index is 0.0766. The van der Waals surface area contributed by atoms with Gasteiger partial charge in [0, 0.05) is 19.8 Å². The summed E-state index contributed by atoms with van der Waals surface area (Å²) in [6.45, 7) is 2.09. The van der Waals surface area contributed by atoms with Crippen molar-refractivity contribution in [3.05, 3.63) is 23.8 Å². The van der Waals surface area contributed by atoms with Crippen LogP contribution in [0.25, 0.3) is 0 Å². The van der Waals surface area contributed by atoms with Crippen molar-refractivity contribution in [3.8, 4) is 5.75 Å². The second-order valence-electron chi connectivity index (χ2n) is 4.91. The van der Waals surface area contributed by atoms with Gasteiger partial charge in [-0.15, -0.1) is 0 Å². The summed E-state index contributed by atoms with van der Waals surface area (Å²) in [4.78, 5) is 4.33. The van der Waals surface area contributed by atoms with Gasteiger partial charge < -0.3 is 9.64 Å². The number of hydrogen-bond donors (Lipinski definition) is 0. The number of ether oxygens (including phenoxy) is 1. The van der Waals surface area contributed by atoms with E-state index in [-0.39, 0.29) is 6.35 Å². The first-order chi connectivity index (χ1) is 8.15. The van der Waals surface area contributed by atoms with Crippen molar-refractivity contribution in [2.45, 2.75) is 6.35 Å². The van der Waals surface area contributed by atoms with Crippen molar-refractivity contribution in [1.82, 2.24) is 4.90 Å². The van der Waals surface area contributed by atoms with Gasteiger partial charge in [-0.2, -0.15) is 4.58 Å². The highest BCUT2D eigenvalue weighted by molar-refractivity contribution is 5.83. The van der Waals surface area contributed by atoms with Crippen LogP contribution in [-0.4, -0.2) is 56.3 Å². The molecule has 0 aliphatic carbocycles. The van der Waals surface area contributed by atoms with E-state index < -0.39 is 0 Å². The molecule has 0 radical (unpaired) electrons. The molecule has 4 heteroatoms. The molecule has 0 amide bonds. The molecular weight excluding hydrogens is 214 g/mol. The number of benzene rings is 1. The van der Waals surface area contributed by atoms with Crippen LogP contribution in [-0.2, 0) is 0 Å². The standard InChI is InChI=1S/C13H18N3O/c1-14(2)11-4-5-12-10(8-11)9-16-7-6-15(3)13(16)17-12/h4-5,8-9,13H,6-7H2,1-3H3/q+1. The van der Waals surface area contributed by atoms with E-state index in [1.807, 2.05) is 0 Å². The lowest BCUT2D eigenvalue weighted by molar-refractivity contribution is -0.592. The third-order valence-corrected chi connectivity index (χ3v) is 3.42. The number of anilines is 1. The Labute approximate surface area is 102 Å². The van der Waals surface area contributed by atoms with E-state index in [0.717, 1.165) is 18.8 Å². The Kier molecular flexibility index (Phi) is 2.33. The average molecular weight is 232 g/mol. The van der Waals surface area contributed by atoms with E-state index >= 15 is 0 Å². The van der Waals surface area contributed by atoms with Crippen LogP contribution >= 0.6 is 0 Å². The highest BCUT2D eigenvalue weighted by Gasteiger charge is 2.38. The zero-order valence-electron chi connectivity index (χ0n) is 10.6. The fraction of sp³-hybridized carbons (Fsp3) is 0.462. The lowest BCUT2D eigenvalue weighted by atomic mass is 10.1. The predicted molar refractivity (Wildman–Crippen MR) is 68.1 cm³/mol. The maximum atomic E-state index is 6.00. The smallest absolute Gasteiger partial charge is 0.363 e. The van der Waals surface area contributed by atoms with Crippen molar-refractivity contribution in [2.75, 3.05) is 39.1 Å². The third kappa shape index (κ3) is 1.69. The second kappa shape index (κ2) is 3.74. The van der Waals surface area contributed by atoms with Gasteiger partial charge in [0.15, 0.2) is 12.8 Å². The maximum absolute atomic E-state index is 6.00. The van der Waals surface area contributed by atoms with Gasteiger partial charge >= 0.3 is 6.35 Å². The van der Waals surface area contributed by atoms with Gasteiger partial charge in [0.1, 0.15) is 5.75 Å². The number of hydrogen-bond acceptors (Lipinski definition) is 3. The van der Waals surface area contributed by atoms with Crippen LogP contribution in [0, 0.1) is 0 Å². The van der Waals surface area contributed by atoms with Crippen LogP contribution in [0.2, 0.25) is 0 Å². The zero-order valence-corrected chi connectivity index (χ0v) is 10.6. The quantitative estimate of drug-likeness (QED) is 0.668. The maximum Gasteiger partial charge on any atom is 0.363 e. The lowest BCUT2D eigenvalue weighted by Crippen LogP contribution is -2.39. The van der Waals surface area contributed by atoms with Crippen molar-refractivity contribution in [1.29, 1.82) is 0 Å². The molecule has 1 atom stereocenters. The minimum absolute atomic E-state index is 0.0766. The summed E-state index contributed by atoms with van der Waals surface area (Å²) in [6.07, 6.45) is 2.28. The first-order valence-corrected chi connectivity index (χ1v) is 5.94. The summed E-state index contributed by atoms with van der Waals surface area (Å²) >= 11 is 0. The fourth-order valence-corrected chi connectivity index (χ4v) is 2.35. The SMILES string of the molecule is CN(C)c1ccc2c(c1)C=[N+]1CCN(C)C1O2. The van der Waals surface area contributed by atoms with E-state index in [1.54, 1.807) is 0 Å². The highest BCUT2D eigenvalue weighted by Crippen LogP contribution is 2.28. The summed E-state index contributed by atoms with van der Waals surface area (Å²) in [5.74, 6) is 0.977. The number of nitrogens with zero attached hydrogens (tertiary/aromatic N) is 3. The highest BCUT2D eigenvalue weighted by atomic mass is 16.5. The van der Waals surface area contributed by atoms with Crippen molar-refractivity contribution in [2.24, 2.45) is 0 Å². The van der Waals surface area contributed by atoms with Crippen LogP contribution < -0.4 is 9.64 Å². The molecule has 0 bridgehead atoms. The van der Waals surface area contributed by atoms with Crippen LogP contribution in [0.5, 0.6) is 5.75 Å². The van der Waals surface area contributed by atoms with Gasteiger partial charge in [-0.1, -0.05) is 0 Å². The molecule has 2 aliphatic heterocycles. The Morgan fingerprint density at radius 2 is 2.24 bits per heavy atom.